The van der Waals surface area contributed by atoms with E-state index in [0.717, 1.165) is 25.9 Å². The first-order chi connectivity index (χ1) is 12.1. The fourth-order valence-electron chi connectivity index (χ4n) is 2.94. The molecule has 7 heteroatoms. The Bertz CT molecular complexity index is 713. The average Bonchev–Trinajstić information content (AvgIpc) is 3.10. The molecule has 1 atom stereocenters. The van der Waals surface area contributed by atoms with Gasteiger partial charge in [0, 0.05) is 25.8 Å². The minimum Gasteiger partial charge on any atom is -0.378 e. The fraction of sp³-hybridized carbons (Fsp3) is 0.500. The molecular weight excluding hydrogens is 323 g/mol. The molecule has 25 heavy (non-hydrogen) atoms. The first-order valence-corrected chi connectivity index (χ1v) is 8.64. The van der Waals surface area contributed by atoms with E-state index in [4.69, 9.17) is 4.74 Å². The van der Waals surface area contributed by atoms with Gasteiger partial charge >= 0.3 is 0 Å². The van der Waals surface area contributed by atoms with E-state index < -0.39 is 0 Å². The van der Waals surface area contributed by atoms with Crippen LogP contribution in [0.4, 0.5) is 4.39 Å². The molecule has 0 spiro atoms. The number of hydrogen-bond acceptors (Lipinski definition) is 4. The summed E-state index contributed by atoms with van der Waals surface area (Å²) in [5.74, 6) is -0.480. The third-order valence-corrected chi connectivity index (χ3v) is 4.46. The lowest BCUT2D eigenvalue weighted by Crippen LogP contribution is -2.31. The summed E-state index contributed by atoms with van der Waals surface area (Å²) in [5, 5.41) is 7.86. The molecule has 1 aromatic heterocycles. The number of carbonyl (C=O) groups is 1. The van der Waals surface area contributed by atoms with Crippen molar-refractivity contribution in [2.75, 3.05) is 20.2 Å². The van der Waals surface area contributed by atoms with Gasteiger partial charge in [0.2, 0.25) is 0 Å². The van der Waals surface area contributed by atoms with Crippen LogP contribution in [0.3, 0.4) is 0 Å². The highest BCUT2D eigenvalue weighted by atomic mass is 19.1. The summed E-state index contributed by atoms with van der Waals surface area (Å²) in [4.78, 5) is 14.1. The molecule has 1 aromatic carbocycles. The van der Waals surface area contributed by atoms with Crippen molar-refractivity contribution < 1.29 is 13.9 Å². The Morgan fingerprint density at radius 1 is 1.40 bits per heavy atom. The second kappa shape index (κ2) is 8.20. The summed E-state index contributed by atoms with van der Waals surface area (Å²) in [6.07, 6.45) is 5.98. The number of ether oxygens (including phenoxy) is 1. The highest BCUT2D eigenvalue weighted by Crippen LogP contribution is 2.16. The number of rotatable bonds is 6. The van der Waals surface area contributed by atoms with Gasteiger partial charge in [-0.05, 0) is 31.7 Å². The predicted octanol–water partition coefficient (Wildman–Crippen LogP) is 2.50. The Hall–Kier alpha value is -2.28. The molecule has 1 aliphatic heterocycles. The van der Waals surface area contributed by atoms with Gasteiger partial charge in [-0.15, -0.1) is 5.10 Å². The number of amides is 1. The summed E-state index contributed by atoms with van der Waals surface area (Å²) in [5.41, 5.74) is 0.776. The van der Waals surface area contributed by atoms with Gasteiger partial charge < -0.3 is 9.64 Å². The molecule has 2 aromatic rings. The monoisotopic (exact) mass is 346 g/mol. The van der Waals surface area contributed by atoms with Crippen LogP contribution < -0.4 is 0 Å². The van der Waals surface area contributed by atoms with Crippen molar-refractivity contribution in [3.05, 3.63) is 47.5 Å². The lowest BCUT2D eigenvalue weighted by Gasteiger charge is -2.24. The maximum Gasteiger partial charge on any atom is 0.275 e. The molecule has 1 fully saturated rings. The van der Waals surface area contributed by atoms with E-state index in [1.165, 1.54) is 17.2 Å². The van der Waals surface area contributed by atoms with Gasteiger partial charge in [0.05, 0.1) is 18.8 Å². The van der Waals surface area contributed by atoms with Gasteiger partial charge in [-0.25, -0.2) is 9.07 Å². The molecule has 0 N–H and O–H groups in total. The van der Waals surface area contributed by atoms with Gasteiger partial charge in [0.25, 0.3) is 5.91 Å². The first kappa shape index (κ1) is 17.5. The molecule has 1 amide bonds. The van der Waals surface area contributed by atoms with Crippen LogP contribution in [0.2, 0.25) is 0 Å². The minimum absolute atomic E-state index is 0.185. The number of halogens is 1. The van der Waals surface area contributed by atoms with Crippen molar-refractivity contribution in [3.8, 4) is 0 Å². The zero-order chi connectivity index (χ0) is 17.6. The maximum absolute atomic E-state index is 13.7. The zero-order valence-electron chi connectivity index (χ0n) is 14.4. The predicted molar refractivity (Wildman–Crippen MR) is 90.7 cm³/mol. The van der Waals surface area contributed by atoms with Crippen LogP contribution in [0.25, 0.3) is 0 Å². The Morgan fingerprint density at radius 2 is 2.24 bits per heavy atom. The average molecular weight is 346 g/mol. The summed E-state index contributed by atoms with van der Waals surface area (Å²) in [6, 6.07) is 6.50. The van der Waals surface area contributed by atoms with Crippen LogP contribution in [0.15, 0.2) is 30.5 Å². The van der Waals surface area contributed by atoms with E-state index in [-0.39, 0.29) is 30.1 Å². The topological polar surface area (TPSA) is 60.2 Å². The van der Waals surface area contributed by atoms with Crippen molar-refractivity contribution >= 4 is 5.91 Å². The second-order valence-electron chi connectivity index (χ2n) is 6.40. The van der Waals surface area contributed by atoms with Gasteiger partial charge in [-0.1, -0.05) is 23.4 Å². The molecule has 0 saturated carbocycles. The highest BCUT2D eigenvalue weighted by Gasteiger charge is 2.19. The largest absolute Gasteiger partial charge is 0.378 e. The Labute approximate surface area is 146 Å². The molecule has 1 saturated heterocycles. The van der Waals surface area contributed by atoms with Gasteiger partial charge in [0.1, 0.15) is 5.82 Å². The van der Waals surface area contributed by atoms with Crippen LogP contribution >= 0.6 is 0 Å². The quantitative estimate of drug-likeness (QED) is 0.806. The molecule has 0 bridgehead atoms. The van der Waals surface area contributed by atoms with Gasteiger partial charge in [-0.3, -0.25) is 4.79 Å². The molecule has 3 rings (SSSR count). The molecule has 0 radical (unpaired) electrons. The highest BCUT2D eigenvalue weighted by molar-refractivity contribution is 5.91. The Kier molecular flexibility index (Phi) is 5.75. The molecule has 1 unspecified atom stereocenters. The standard InChI is InChI=1S/C18H23FN4O2/c1-22(10-9-15-7-4-5-11-25-15)18(24)17-13-23(21-20-17)12-14-6-2-3-8-16(14)19/h2-3,6,8,13,15H,4-5,7,9-12H2,1H3. The van der Waals surface area contributed by atoms with Crippen LogP contribution in [0.1, 0.15) is 41.7 Å². The van der Waals surface area contributed by atoms with Crippen LogP contribution in [-0.2, 0) is 11.3 Å². The molecule has 134 valence electrons. The van der Waals surface area contributed by atoms with E-state index in [0.29, 0.717) is 12.1 Å². The number of aromatic nitrogens is 3. The summed E-state index contributed by atoms with van der Waals surface area (Å²) in [6.45, 7) is 1.67. The minimum atomic E-state index is -0.296. The Morgan fingerprint density at radius 3 is 3.00 bits per heavy atom. The van der Waals surface area contributed by atoms with E-state index in [1.807, 2.05) is 0 Å². The van der Waals surface area contributed by atoms with Crippen molar-refractivity contribution in [3.63, 3.8) is 0 Å². The maximum atomic E-state index is 13.7. The first-order valence-electron chi connectivity index (χ1n) is 8.64. The lowest BCUT2D eigenvalue weighted by molar-refractivity contribution is 0.00705. The molecule has 0 aliphatic carbocycles. The summed E-state index contributed by atoms with van der Waals surface area (Å²) < 4.78 is 20.9. The van der Waals surface area contributed by atoms with Crippen molar-refractivity contribution in [2.24, 2.45) is 0 Å². The third-order valence-electron chi connectivity index (χ3n) is 4.46. The molecule has 6 nitrogen and oxygen atoms in total. The molecule has 1 aliphatic rings. The van der Waals surface area contributed by atoms with Crippen LogP contribution in [0.5, 0.6) is 0 Å². The smallest absolute Gasteiger partial charge is 0.275 e. The fourth-order valence-corrected chi connectivity index (χ4v) is 2.94. The molecular formula is C18H23FN4O2. The van der Waals surface area contributed by atoms with Gasteiger partial charge in [0.15, 0.2) is 5.69 Å². The Balaban J connectivity index is 1.55. The van der Waals surface area contributed by atoms with Crippen molar-refractivity contribution in [2.45, 2.75) is 38.3 Å². The van der Waals surface area contributed by atoms with Crippen LogP contribution in [0, 0.1) is 5.82 Å². The third kappa shape index (κ3) is 4.63. The normalized spacial score (nSPS) is 17.4. The van der Waals surface area contributed by atoms with E-state index in [1.54, 1.807) is 36.3 Å². The number of carbonyl (C=O) groups excluding carboxylic acids is 1. The summed E-state index contributed by atoms with van der Waals surface area (Å²) in [7, 11) is 1.75. The van der Waals surface area contributed by atoms with Crippen LogP contribution in [-0.4, -0.2) is 52.1 Å². The SMILES string of the molecule is CN(CCC1CCCCO1)C(=O)c1cn(Cc2ccccc2F)nn1. The zero-order valence-corrected chi connectivity index (χ0v) is 14.4. The van der Waals surface area contributed by atoms with E-state index in [9.17, 15) is 9.18 Å². The number of nitrogens with zero attached hydrogens (tertiary/aromatic N) is 4. The van der Waals surface area contributed by atoms with Gasteiger partial charge in [-0.2, -0.15) is 0 Å². The van der Waals surface area contributed by atoms with E-state index in [2.05, 4.69) is 10.3 Å². The van der Waals surface area contributed by atoms with E-state index >= 15 is 0 Å². The second-order valence-corrected chi connectivity index (χ2v) is 6.40. The molecule has 2 heterocycles. The van der Waals surface area contributed by atoms with Crippen molar-refractivity contribution in [1.29, 1.82) is 0 Å². The number of hydrogen-bond donors (Lipinski definition) is 0. The summed E-state index contributed by atoms with van der Waals surface area (Å²) >= 11 is 0. The van der Waals surface area contributed by atoms with Crippen molar-refractivity contribution in [1.82, 2.24) is 19.9 Å². The lowest BCUT2D eigenvalue weighted by atomic mass is 10.1. The number of benzene rings is 1.